The van der Waals surface area contributed by atoms with E-state index in [0.29, 0.717) is 6.54 Å². The molecule has 0 aliphatic heterocycles. The Bertz CT molecular complexity index is 327. The van der Waals surface area contributed by atoms with Gasteiger partial charge in [0.1, 0.15) is 0 Å². The molecule has 3 nitrogen and oxygen atoms in total. The van der Waals surface area contributed by atoms with E-state index in [4.69, 9.17) is 10.8 Å². The number of aliphatic hydroxyl groups is 1. The molecule has 0 fully saturated rings. The van der Waals surface area contributed by atoms with Crippen molar-refractivity contribution in [2.24, 2.45) is 5.73 Å². The maximum Gasteiger partial charge on any atom is 0.0558 e. The number of halogens is 1. The van der Waals surface area contributed by atoms with Gasteiger partial charge in [0.15, 0.2) is 0 Å². The predicted octanol–water partition coefficient (Wildman–Crippen LogP) is 2.15. The van der Waals surface area contributed by atoms with Gasteiger partial charge < -0.3 is 10.8 Å². The monoisotopic (exact) mass is 300 g/mol. The predicted molar refractivity (Wildman–Crippen MR) is 74.9 cm³/mol. The Hall–Kier alpha value is -0.420. The molecule has 0 radical (unpaired) electrons. The van der Waals surface area contributed by atoms with Gasteiger partial charge in [-0.3, -0.25) is 4.90 Å². The molecule has 4 heteroatoms. The lowest BCUT2D eigenvalue weighted by Gasteiger charge is -2.33. The summed E-state index contributed by atoms with van der Waals surface area (Å²) in [4.78, 5) is 2.20. The number of hydrogen-bond donors (Lipinski definition) is 2. The molecule has 2 unspecified atom stereocenters. The molecule has 0 amide bonds. The zero-order valence-electron chi connectivity index (χ0n) is 10.4. The van der Waals surface area contributed by atoms with Crippen LogP contribution >= 0.6 is 15.9 Å². The minimum Gasteiger partial charge on any atom is -0.395 e. The summed E-state index contributed by atoms with van der Waals surface area (Å²) >= 11 is 3.43. The normalized spacial score (nSPS) is 14.9. The summed E-state index contributed by atoms with van der Waals surface area (Å²) in [6, 6.07) is 8.40. The van der Waals surface area contributed by atoms with Crippen LogP contribution in [0.1, 0.15) is 25.5 Å². The van der Waals surface area contributed by atoms with Gasteiger partial charge >= 0.3 is 0 Å². The summed E-state index contributed by atoms with van der Waals surface area (Å²) in [6.07, 6.45) is 0. The van der Waals surface area contributed by atoms with E-state index < -0.39 is 0 Å². The molecule has 3 N–H and O–H groups in total. The second kappa shape index (κ2) is 7.11. The third kappa shape index (κ3) is 4.07. The van der Waals surface area contributed by atoms with E-state index in [0.717, 1.165) is 11.0 Å². The Morgan fingerprint density at radius 1 is 1.35 bits per heavy atom. The van der Waals surface area contributed by atoms with Crippen molar-refractivity contribution in [3.63, 3.8) is 0 Å². The first-order valence-electron chi connectivity index (χ1n) is 5.96. The molecular formula is C13H21BrN2O. The number of aliphatic hydroxyl groups excluding tert-OH is 1. The van der Waals surface area contributed by atoms with Gasteiger partial charge in [-0.2, -0.15) is 0 Å². The van der Waals surface area contributed by atoms with Crippen LogP contribution in [0, 0.1) is 0 Å². The highest BCUT2D eigenvalue weighted by molar-refractivity contribution is 9.10. The molecule has 0 aliphatic carbocycles. The minimum absolute atomic E-state index is 0.0303. The van der Waals surface area contributed by atoms with Crippen LogP contribution in [0.25, 0.3) is 0 Å². The number of likely N-dealkylation sites (N-methyl/N-ethyl adjacent to an activating group) is 1. The fraction of sp³-hybridized carbons (Fsp3) is 0.538. The van der Waals surface area contributed by atoms with E-state index >= 15 is 0 Å². The molecule has 0 heterocycles. The average molecular weight is 301 g/mol. The minimum atomic E-state index is 0.0303. The second-order valence-corrected chi connectivity index (χ2v) is 5.12. The van der Waals surface area contributed by atoms with Gasteiger partial charge in [-0.25, -0.2) is 0 Å². The first-order chi connectivity index (χ1) is 8.10. The van der Waals surface area contributed by atoms with Crippen LogP contribution in [0.5, 0.6) is 0 Å². The Labute approximate surface area is 112 Å². The molecule has 0 saturated heterocycles. The fourth-order valence-corrected chi connectivity index (χ4v) is 2.39. The van der Waals surface area contributed by atoms with Crippen molar-refractivity contribution >= 4 is 15.9 Å². The van der Waals surface area contributed by atoms with Crippen LogP contribution in [-0.4, -0.2) is 35.7 Å². The number of nitrogens with two attached hydrogens (primary N) is 1. The van der Waals surface area contributed by atoms with Gasteiger partial charge in [0.05, 0.1) is 6.61 Å². The van der Waals surface area contributed by atoms with Crippen LogP contribution in [0.4, 0.5) is 0 Å². The van der Waals surface area contributed by atoms with Crippen LogP contribution in [0.3, 0.4) is 0 Å². The van der Waals surface area contributed by atoms with E-state index in [9.17, 15) is 0 Å². The molecule has 0 aliphatic rings. The Morgan fingerprint density at radius 3 is 2.35 bits per heavy atom. The number of nitrogens with zero attached hydrogens (tertiary/aromatic N) is 1. The molecular weight excluding hydrogens is 280 g/mol. The number of benzene rings is 1. The summed E-state index contributed by atoms with van der Waals surface area (Å²) in [6.45, 7) is 5.78. The molecule has 1 aromatic carbocycles. The molecule has 1 rings (SSSR count). The van der Waals surface area contributed by atoms with Gasteiger partial charge in [0, 0.05) is 23.1 Å². The van der Waals surface area contributed by atoms with Crippen molar-refractivity contribution < 1.29 is 5.11 Å². The van der Waals surface area contributed by atoms with Crippen LogP contribution in [0.15, 0.2) is 28.7 Å². The third-order valence-corrected chi connectivity index (χ3v) is 3.43. The smallest absolute Gasteiger partial charge is 0.0558 e. The molecule has 2 atom stereocenters. The van der Waals surface area contributed by atoms with E-state index in [2.05, 4.69) is 39.9 Å². The highest BCUT2D eigenvalue weighted by Crippen LogP contribution is 2.24. The van der Waals surface area contributed by atoms with Crippen LogP contribution < -0.4 is 5.73 Å². The van der Waals surface area contributed by atoms with Crippen molar-refractivity contribution in [1.29, 1.82) is 0 Å². The largest absolute Gasteiger partial charge is 0.395 e. The highest BCUT2D eigenvalue weighted by atomic mass is 79.9. The molecule has 0 saturated carbocycles. The first kappa shape index (κ1) is 14.6. The molecule has 0 bridgehead atoms. The van der Waals surface area contributed by atoms with Gasteiger partial charge in [0.25, 0.3) is 0 Å². The molecule has 0 aromatic heterocycles. The standard InChI is InChI=1S/C13H21BrN2O/c1-3-16(8-9-17)13(10(2)15)11-4-6-12(14)7-5-11/h4-7,10,13,17H,3,8-9,15H2,1-2H3. The van der Waals surface area contributed by atoms with Crippen molar-refractivity contribution in [2.45, 2.75) is 25.9 Å². The van der Waals surface area contributed by atoms with E-state index in [1.54, 1.807) is 0 Å². The summed E-state index contributed by atoms with van der Waals surface area (Å²) < 4.78 is 1.06. The van der Waals surface area contributed by atoms with Crippen molar-refractivity contribution in [3.05, 3.63) is 34.3 Å². The third-order valence-electron chi connectivity index (χ3n) is 2.90. The fourth-order valence-electron chi connectivity index (χ4n) is 2.13. The van der Waals surface area contributed by atoms with E-state index in [1.165, 1.54) is 5.56 Å². The lowest BCUT2D eigenvalue weighted by Crippen LogP contribution is -2.40. The van der Waals surface area contributed by atoms with Crippen molar-refractivity contribution in [1.82, 2.24) is 4.90 Å². The lowest BCUT2D eigenvalue weighted by atomic mass is 9.99. The van der Waals surface area contributed by atoms with Crippen LogP contribution in [0.2, 0.25) is 0 Å². The van der Waals surface area contributed by atoms with Gasteiger partial charge in [-0.1, -0.05) is 35.0 Å². The zero-order chi connectivity index (χ0) is 12.8. The highest BCUT2D eigenvalue weighted by Gasteiger charge is 2.22. The Morgan fingerprint density at radius 2 is 1.94 bits per heavy atom. The number of hydrogen-bond acceptors (Lipinski definition) is 3. The zero-order valence-corrected chi connectivity index (χ0v) is 12.0. The Kier molecular flexibility index (Phi) is 6.12. The number of rotatable bonds is 6. The topological polar surface area (TPSA) is 49.5 Å². The Balaban J connectivity index is 2.95. The lowest BCUT2D eigenvalue weighted by molar-refractivity contribution is 0.143. The van der Waals surface area contributed by atoms with E-state index in [1.807, 2.05) is 19.1 Å². The summed E-state index contributed by atoms with van der Waals surface area (Å²) in [7, 11) is 0. The van der Waals surface area contributed by atoms with Gasteiger partial charge in [-0.05, 0) is 31.2 Å². The maximum atomic E-state index is 9.10. The van der Waals surface area contributed by atoms with Crippen LogP contribution in [-0.2, 0) is 0 Å². The van der Waals surface area contributed by atoms with Crippen molar-refractivity contribution in [2.75, 3.05) is 19.7 Å². The summed E-state index contributed by atoms with van der Waals surface area (Å²) in [5.74, 6) is 0. The molecule has 0 spiro atoms. The summed E-state index contributed by atoms with van der Waals surface area (Å²) in [5.41, 5.74) is 7.27. The molecule has 96 valence electrons. The molecule has 1 aromatic rings. The van der Waals surface area contributed by atoms with Crippen molar-refractivity contribution in [3.8, 4) is 0 Å². The molecule has 17 heavy (non-hydrogen) atoms. The second-order valence-electron chi connectivity index (χ2n) is 4.21. The first-order valence-corrected chi connectivity index (χ1v) is 6.75. The SMILES string of the molecule is CCN(CCO)C(c1ccc(Br)cc1)C(C)N. The average Bonchev–Trinajstić information content (AvgIpc) is 2.30. The maximum absolute atomic E-state index is 9.10. The van der Waals surface area contributed by atoms with E-state index in [-0.39, 0.29) is 18.7 Å². The van der Waals surface area contributed by atoms with Gasteiger partial charge in [0.2, 0.25) is 0 Å². The quantitative estimate of drug-likeness (QED) is 0.846. The summed E-state index contributed by atoms with van der Waals surface area (Å²) in [5, 5.41) is 9.10. The van der Waals surface area contributed by atoms with Gasteiger partial charge in [-0.15, -0.1) is 0 Å².